The predicted molar refractivity (Wildman–Crippen MR) is 98.6 cm³/mol. The van der Waals surface area contributed by atoms with Crippen molar-refractivity contribution in [1.29, 1.82) is 0 Å². The second-order valence-electron chi connectivity index (χ2n) is 5.85. The van der Waals surface area contributed by atoms with E-state index in [2.05, 4.69) is 4.74 Å². The highest BCUT2D eigenvalue weighted by molar-refractivity contribution is 5.88. The monoisotopic (exact) mass is 375 g/mol. The molecule has 0 bridgehead atoms. The van der Waals surface area contributed by atoms with Crippen LogP contribution in [0.25, 0.3) is 0 Å². The molecule has 0 radical (unpaired) electrons. The van der Waals surface area contributed by atoms with Gasteiger partial charge in [-0.2, -0.15) is 0 Å². The highest BCUT2D eigenvalue weighted by atomic mass is 16.5. The Morgan fingerprint density at radius 1 is 1.11 bits per heavy atom. The van der Waals surface area contributed by atoms with Gasteiger partial charge < -0.3 is 24.4 Å². The predicted octanol–water partition coefficient (Wildman–Crippen LogP) is 2.74. The second-order valence-corrected chi connectivity index (χ2v) is 5.85. The van der Waals surface area contributed by atoms with Crippen molar-refractivity contribution in [3.8, 4) is 11.5 Å². The maximum atomic E-state index is 11.0. The number of aromatic carboxylic acids is 1. The molecule has 2 aromatic carbocycles. The maximum Gasteiger partial charge on any atom is 0.335 e. The fourth-order valence-corrected chi connectivity index (χ4v) is 2.45. The lowest BCUT2D eigenvalue weighted by Crippen LogP contribution is -2.24. The van der Waals surface area contributed by atoms with Crippen LogP contribution in [0.1, 0.15) is 22.3 Å². The first kappa shape index (κ1) is 20.3. The molecule has 2 aromatic rings. The van der Waals surface area contributed by atoms with Crippen molar-refractivity contribution in [3.63, 3.8) is 0 Å². The maximum absolute atomic E-state index is 11.0. The minimum atomic E-state index is -0.996. The van der Waals surface area contributed by atoms with Crippen molar-refractivity contribution in [2.24, 2.45) is 0 Å². The number of ether oxygens (including phenoxy) is 3. The first-order chi connectivity index (χ1) is 13.0. The van der Waals surface area contributed by atoms with Crippen LogP contribution in [0, 0.1) is 0 Å². The molecule has 0 saturated carbocycles. The number of aromatic hydroxyl groups is 1. The molecule has 2 rings (SSSR count). The number of aliphatic hydroxyl groups is 1. The summed E-state index contributed by atoms with van der Waals surface area (Å²) in [4.78, 5) is 22.0. The third kappa shape index (κ3) is 6.63. The molecule has 0 aliphatic carbocycles. The van der Waals surface area contributed by atoms with E-state index in [9.17, 15) is 9.59 Å². The lowest BCUT2D eigenvalue weighted by Gasteiger charge is -2.11. The summed E-state index contributed by atoms with van der Waals surface area (Å²) in [6.45, 7) is 0.950. The number of hydrogen-bond acceptors (Lipinski definition) is 4. The minimum absolute atomic E-state index is 0.185. The van der Waals surface area contributed by atoms with E-state index in [1.807, 2.05) is 24.3 Å². The molecular formula is C20H23O7+. The van der Waals surface area contributed by atoms with Crippen molar-refractivity contribution < 1.29 is 34.0 Å². The van der Waals surface area contributed by atoms with Crippen LogP contribution < -0.4 is 4.74 Å². The Bertz CT molecular complexity index is 772. The Labute approximate surface area is 157 Å². The zero-order valence-corrected chi connectivity index (χ0v) is 15.0. The van der Waals surface area contributed by atoms with Gasteiger partial charge in [0.15, 0.2) is 12.7 Å². The molecule has 1 atom stereocenters. The average Bonchev–Trinajstić information content (AvgIpc) is 2.66. The van der Waals surface area contributed by atoms with Crippen LogP contribution in [0.2, 0.25) is 0 Å². The molecule has 7 nitrogen and oxygen atoms in total. The van der Waals surface area contributed by atoms with Gasteiger partial charge in [-0.3, -0.25) is 0 Å². The van der Waals surface area contributed by atoms with E-state index in [-0.39, 0.29) is 12.0 Å². The summed E-state index contributed by atoms with van der Waals surface area (Å²) in [6.07, 6.45) is 0.0606. The molecular weight excluding hydrogens is 352 g/mol. The smallest absolute Gasteiger partial charge is 0.335 e. The Morgan fingerprint density at radius 3 is 2.59 bits per heavy atom. The lowest BCUT2D eigenvalue weighted by atomic mass is 10.1. The van der Waals surface area contributed by atoms with Crippen molar-refractivity contribution in [1.82, 2.24) is 0 Å². The van der Waals surface area contributed by atoms with Gasteiger partial charge in [-0.05, 0) is 23.8 Å². The van der Waals surface area contributed by atoms with Gasteiger partial charge in [0, 0.05) is 25.7 Å². The Kier molecular flexibility index (Phi) is 7.63. The fraction of sp³-hybridized carbons (Fsp3) is 0.300. The van der Waals surface area contributed by atoms with E-state index in [1.165, 1.54) is 19.2 Å². The van der Waals surface area contributed by atoms with Crippen LogP contribution in [-0.2, 0) is 16.0 Å². The first-order valence-corrected chi connectivity index (χ1v) is 8.48. The van der Waals surface area contributed by atoms with E-state index in [4.69, 9.17) is 19.7 Å². The molecule has 0 saturated heterocycles. The number of carbonyl (C=O) groups is 2. The van der Waals surface area contributed by atoms with Crippen LogP contribution in [-0.4, -0.2) is 53.3 Å². The van der Waals surface area contributed by atoms with Gasteiger partial charge in [0.05, 0.1) is 18.6 Å². The van der Waals surface area contributed by atoms with Gasteiger partial charge in [-0.25, -0.2) is 9.59 Å². The van der Waals surface area contributed by atoms with Gasteiger partial charge >= 0.3 is 11.9 Å². The molecule has 27 heavy (non-hydrogen) atoms. The number of methoxy groups -OCH3 is 1. The summed E-state index contributed by atoms with van der Waals surface area (Å²) in [5.74, 6) is -0.713. The van der Waals surface area contributed by atoms with Crippen LogP contribution in [0.15, 0.2) is 48.5 Å². The molecule has 7 heteroatoms. The average molecular weight is 375 g/mol. The highest BCUT2D eigenvalue weighted by Crippen LogP contribution is 2.17. The largest absolute Gasteiger partial charge is 0.583 e. The summed E-state index contributed by atoms with van der Waals surface area (Å²) in [5, 5.41) is 18.0. The third-order valence-corrected chi connectivity index (χ3v) is 3.84. The molecule has 0 spiro atoms. The van der Waals surface area contributed by atoms with Gasteiger partial charge in [-0.15, -0.1) is 0 Å². The Morgan fingerprint density at radius 2 is 1.89 bits per heavy atom. The first-order valence-electron chi connectivity index (χ1n) is 8.48. The highest BCUT2D eigenvalue weighted by Gasteiger charge is 2.17. The van der Waals surface area contributed by atoms with Gasteiger partial charge in [0.25, 0.3) is 5.75 Å². The normalized spacial score (nSPS) is 11.6. The quantitative estimate of drug-likeness (QED) is 0.462. The minimum Gasteiger partial charge on any atom is -0.583 e. The summed E-state index contributed by atoms with van der Waals surface area (Å²) in [7, 11) is 1.37. The molecule has 0 fully saturated rings. The lowest BCUT2D eigenvalue weighted by molar-refractivity contribution is -0.148. The second kappa shape index (κ2) is 10.2. The standard InChI is InChI=1S/C20H22O7/c1-25-18(20(23)24)12-14-5-2-7-16(11-14)26-9-4-10-27-17-8-3-6-15(13-17)19(21)22/h2-3,5-8,11,13,18H,4,9-10,12H2,1H3,(H,21,22)(H,23,24)/p+1. The van der Waals surface area contributed by atoms with Crippen LogP contribution in [0.5, 0.6) is 11.5 Å². The molecule has 0 aliphatic rings. The van der Waals surface area contributed by atoms with E-state index < -0.39 is 18.0 Å². The zero-order chi connectivity index (χ0) is 19.6. The number of carboxylic acids is 2. The number of benzene rings is 2. The fourth-order valence-electron chi connectivity index (χ4n) is 2.45. The van der Waals surface area contributed by atoms with E-state index >= 15 is 0 Å². The van der Waals surface area contributed by atoms with Gasteiger partial charge in [0.2, 0.25) is 0 Å². The molecule has 144 valence electrons. The Hall–Kier alpha value is -3.06. The molecule has 0 aromatic heterocycles. The molecule has 1 unspecified atom stereocenters. The van der Waals surface area contributed by atoms with E-state index in [0.717, 1.165) is 11.3 Å². The molecule has 3 N–H and O–H groups in total. The van der Waals surface area contributed by atoms with E-state index in [0.29, 0.717) is 25.4 Å². The topological polar surface area (TPSA) is 106 Å². The van der Waals surface area contributed by atoms with Crippen molar-refractivity contribution in [2.45, 2.75) is 18.9 Å². The van der Waals surface area contributed by atoms with Crippen molar-refractivity contribution in [3.05, 3.63) is 59.7 Å². The summed E-state index contributed by atoms with van der Waals surface area (Å²) in [5.41, 5.74) is 1.02. The summed E-state index contributed by atoms with van der Waals surface area (Å²) >= 11 is 0. The van der Waals surface area contributed by atoms with Crippen LogP contribution in [0.4, 0.5) is 0 Å². The van der Waals surface area contributed by atoms with Crippen molar-refractivity contribution >= 4 is 11.9 Å². The number of rotatable bonds is 11. The van der Waals surface area contributed by atoms with Gasteiger partial charge in [0.1, 0.15) is 5.75 Å². The van der Waals surface area contributed by atoms with E-state index in [1.54, 1.807) is 12.1 Å². The molecule has 0 amide bonds. The van der Waals surface area contributed by atoms with Crippen molar-refractivity contribution in [2.75, 3.05) is 20.3 Å². The van der Waals surface area contributed by atoms with Crippen LogP contribution in [0.3, 0.4) is 0 Å². The van der Waals surface area contributed by atoms with Crippen LogP contribution >= 0.6 is 0 Å². The molecule has 0 heterocycles. The Balaban J connectivity index is 1.77. The summed E-state index contributed by atoms with van der Waals surface area (Å²) < 4.78 is 15.0. The number of hydrogen-bond donors (Lipinski definition) is 2. The summed E-state index contributed by atoms with van der Waals surface area (Å²) in [6, 6.07) is 13.7. The molecule has 0 aliphatic heterocycles. The number of aliphatic carboxylic acids is 1. The third-order valence-electron chi connectivity index (χ3n) is 3.84. The number of carboxylic acid groups (broad SMARTS) is 2. The zero-order valence-electron chi connectivity index (χ0n) is 15.0. The SMILES string of the molecule is COC(Cc1cccc([OH+]CCCOc2cccc(C(=O)O)c2)c1)C(=O)O. The van der Waals surface area contributed by atoms with Gasteiger partial charge in [-0.1, -0.05) is 18.2 Å².